The van der Waals surface area contributed by atoms with Crippen LogP contribution < -0.4 is 0 Å². The Labute approximate surface area is 341 Å². The van der Waals surface area contributed by atoms with Gasteiger partial charge in [0.2, 0.25) is 11.4 Å². The maximum atomic E-state index is 14.4. The van der Waals surface area contributed by atoms with E-state index in [9.17, 15) is 40.4 Å². The summed E-state index contributed by atoms with van der Waals surface area (Å²) in [6, 6.07) is 30.4. The Morgan fingerprint density at radius 2 is 1.07 bits per heavy atom. The summed E-state index contributed by atoms with van der Waals surface area (Å²) in [5.41, 5.74) is -1.51. The second kappa shape index (κ2) is 15.2. The molecule has 60 heavy (non-hydrogen) atoms. The van der Waals surface area contributed by atoms with Gasteiger partial charge in [0.05, 0.1) is 65.8 Å². The molecule has 5 aromatic rings. The van der Waals surface area contributed by atoms with E-state index in [2.05, 4.69) is 43.7 Å². The molecule has 270 valence electrons. The number of hydrogen-bond donors (Lipinski definition) is 0. The highest BCUT2D eigenvalue weighted by molar-refractivity contribution is 6.35. The third-order valence-electron chi connectivity index (χ3n) is 9.94. The molecule has 0 spiro atoms. The van der Waals surface area contributed by atoms with Gasteiger partial charge in [0.25, 0.3) is 0 Å². The van der Waals surface area contributed by atoms with Gasteiger partial charge < -0.3 is 0 Å². The highest BCUT2D eigenvalue weighted by atomic mass is 19.1. The zero-order chi connectivity index (χ0) is 42.8. The minimum atomic E-state index is -0.630. The van der Waals surface area contributed by atoms with Crippen molar-refractivity contribution in [1.82, 2.24) is 0 Å². The van der Waals surface area contributed by atoms with E-state index in [1.54, 1.807) is 0 Å². The summed E-state index contributed by atoms with van der Waals surface area (Å²) < 4.78 is 28.8. The first-order valence-electron chi connectivity index (χ1n) is 17.1. The number of rotatable bonds is 4. The monoisotopic (exact) mass is 768 g/mol. The first-order chi connectivity index (χ1) is 29.2. The Kier molecular flexibility index (Phi) is 9.63. The van der Waals surface area contributed by atoms with Gasteiger partial charge in [0, 0.05) is 11.1 Å². The third kappa shape index (κ3) is 5.68. The molecule has 0 aliphatic heterocycles. The van der Waals surface area contributed by atoms with Crippen LogP contribution in [-0.4, -0.2) is 0 Å². The first kappa shape index (κ1) is 38.1. The topological polar surface area (TPSA) is 160 Å². The van der Waals surface area contributed by atoms with E-state index in [4.69, 9.17) is 26.3 Å². The van der Waals surface area contributed by atoms with Crippen molar-refractivity contribution in [3.63, 3.8) is 0 Å². The molecule has 0 N–H and O–H groups in total. The molecule has 0 radical (unpaired) electrons. The van der Waals surface area contributed by atoms with Crippen LogP contribution >= 0.6 is 0 Å². The summed E-state index contributed by atoms with van der Waals surface area (Å²) in [5.74, 6) is -1.26. The molecule has 10 nitrogen and oxygen atoms in total. The van der Waals surface area contributed by atoms with Gasteiger partial charge in [0.15, 0.2) is 11.4 Å². The average molecular weight is 769 g/mol. The Bertz CT molecular complexity index is 3190. The van der Waals surface area contributed by atoms with Gasteiger partial charge in [0.1, 0.15) is 42.0 Å². The quantitative estimate of drug-likeness (QED) is 0.131. The minimum Gasteiger partial charge on any atom is -0.250 e. The Balaban J connectivity index is 1.77. The van der Waals surface area contributed by atoms with Gasteiger partial charge in [-0.1, -0.05) is 48.5 Å². The van der Waals surface area contributed by atoms with Crippen molar-refractivity contribution in [3.8, 4) is 36.4 Å². The van der Waals surface area contributed by atoms with E-state index in [1.165, 1.54) is 60.7 Å². The maximum absolute atomic E-state index is 14.4. The van der Waals surface area contributed by atoms with Crippen LogP contribution in [0.25, 0.3) is 64.2 Å². The van der Waals surface area contributed by atoms with E-state index in [0.29, 0.717) is 0 Å². The standard InChI is InChI=1S/C48H14F2N10/c1-57-37-16-11-27(18-38(37)58-2)33(21-53)42-40(26-9-14-32(50)15-10-26)48(60-4)45-36(24-56)43-41(35(23-55)44(42)45)34(22-54)39(25-7-12-31(49)13-8-25)46(43)47(59-3)28-5-6-29(19-51)30(17-28)20-52/h5-18H/b42-33+,47-46-. The van der Waals surface area contributed by atoms with E-state index in [0.717, 1.165) is 24.3 Å². The highest BCUT2D eigenvalue weighted by Gasteiger charge is 2.43. The second-order valence-electron chi connectivity index (χ2n) is 12.8. The predicted octanol–water partition coefficient (Wildman–Crippen LogP) is 11.0. The molecular weight excluding hydrogens is 755 g/mol. The van der Waals surface area contributed by atoms with Crippen LogP contribution in [0.15, 0.2) is 84.9 Å². The molecular formula is C48H14F2N10. The molecule has 0 fully saturated rings. The largest absolute Gasteiger partial charge is 0.250 e. The fourth-order valence-corrected chi connectivity index (χ4v) is 7.49. The molecule has 5 aromatic carbocycles. The SMILES string of the molecule is [C-]#[N+]C1=C(c2ccc(F)cc2)/C(=C(/C#N)c2ccc([N+]#[C-])c([N+]#[C-])c2)c2c(C#N)c3c(c(C#N)c21)/C(=C(\[N+]#[C-])c1ccc(C#N)c(C#N)c1)C(c1ccc(F)cc1)=C3C#N. The normalized spacial score (nSPS) is 13.6. The number of halogens is 2. The first-order valence-corrected chi connectivity index (χ1v) is 17.1. The maximum Gasteiger partial charge on any atom is 0.204 e. The minimum absolute atomic E-state index is 0.00230. The third-order valence-corrected chi connectivity index (χ3v) is 9.94. The molecule has 0 heterocycles. The molecule has 0 saturated carbocycles. The zero-order valence-corrected chi connectivity index (χ0v) is 30.3. The molecule has 0 saturated heterocycles. The van der Waals surface area contributed by atoms with Gasteiger partial charge in [-0.25, -0.2) is 18.5 Å². The van der Waals surface area contributed by atoms with E-state index in [1.807, 2.05) is 12.1 Å². The lowest BCUT2D eigenvalue weighted by molar-refractivity contribution is 0.627. The van der Waals surface area contributed by atoms with Crippen LogP contribution in [0, 0.1) is 106 Å². The van der Waals surface area contributed by atoms with Crippen LogP contribution in [0.3, 0.4) is 0 Å². The predicted molar refractivity (Wildman–Crippen MR) is 215 cm³/mol. The Morgan fingerprint density at radius 3 is 1.58 bits per heavy atom. The van der Waals surface area contributed by atoms with Gasteiger partial charge >= 0.3 is 0 Å². The fourth-order valence-electron chi connectivity index (χ4n) is 7.49. The van der Waals surface area contributed by atoms with Crippen LogP contribution in [0.2, 0.25) is 0 Å². The summed E-state index contributed by atoms with van der Waals surface area (Å²) in [6.07, 6.45) is 0. The second-order valence-corrected chi connectivity index (χ2v) is 12.8. The van der Waals surface area contributed by atoms with Gasteiger partial charge in [-0.3, -0.25) is 9.69 Å². The summed E-state index contributed by atoms with van der Waals surface area (Å²) in [5, 5.41) is 63.9. The summed E-state index contributed by atoms with van der Waals surface area (Å²) in [4.78, 5) is 14.5. The van der Waals surface area contributed by atoms with E-state index in [-0.39, 0.29) is 123 Å². The molecule has 7 rings (SSSR count). The van der Waals surface area contributed by atoms with Crippen LogP contribution in [0.1, 0.15) is 66.8 Å². The van der Waals surface area contributed by atoms with Crippen LogP contribution in [-0.2, 0) is 0 Å². The number of hydrogen-bond acceptors (Lipinski definition) is 6. The number of nitrogens with zero attached hydrogens (tertiary/aromatic N) is 10. The van der Waals surface area contributed by atoms with Crippen molar-refractivity contribution >= 4 is 56.2 Å². The number of allylic oxidation sites excluding steroid dienone is 6. The molecule has 2 aliphatic rings. The lowest BCUT2D eigenvalue weighted by Gasteiger charge is -2.18. The van der Waals surface area contributed by atoms with Crippen LogP contribution in [0.5, 0.6) is 0 Å². The van der Waals surface area contributed by atoms with Crippen molar-refractivity contribution in [2.75, 3.05) is 0 Å². The fraction of sp³-hybridized carbons (Fsp3) is 0. The molecule has 2 aliphatic carbocycles. The van der Waals surface area contributed by atoms with Gasteiger partial charge in [-0.05, 0) is 92.1 Å². The van der Waals surface area contributed by atoms with E-state index < -0.39 is 11.6 Å². The lowest BCUT2D eigenvalue weighted by atomic mass is 9.82. The Hall–Kier alpha value is -10.2. The number of nitriles is 6. The highest BCUT2D eigenvalue weighted by Crippen LogP contribution is 2.59. The molecule has 0 atom stereocenters. The van der Waals surface area contributed by atoms with Gasteiger partial charge in [-0.15, -0.1) is 0 Å². The molecule has 0 bridgehead atoms. The number of fused-ring (bicyclic) bond motifs is 2. The molecule has 0 aromatic heterocycles. The molecule has 12 heteroatoms. The van der Waals surface area contributed by atoms with E-state index >= 15 is 0 Å². The lowest BCUT2D eigenvalue weighted by Crippen LogP contribution is -2.05. The van der Waals surface area contributed by atoms with Crippen molar-refractivity contribution in [1.29, 1.82) is 31.6 Å². The average Bonchev–Trinajstić information content (AvgIpc) is 3.79. The van der Waals surface area contributed by atoms with Gasteiger partial charge in [-0.2, -0.15) is 31.6 Å². The summed E-state index contributed by atoms with van der Waals surface area (Å²) in [7, 11) is 0. The molecule has 0 amide bonds. The number of benzene rings is 5. The van der Waals surface area contributed by atoms with Crippen molar-refractivity contribution in [3.05, 3.63) is 209 Å². The summed E-state index contributed by atoms with van der Waals surface area (Å²) in [6.45, 7) is 32.2. The smallest absolute Gasteiger partial charge is 0.204 e. The zero-order valence-electron chi connectivity index (χ0n) is 30.3. The van der Waals surface area contributed by atoms with Crippen molar-refractivity contribution in [2.45, 2.75) is 0 Å². The van der Waals surface area contributed by atoms with Crippen molar-refractivity contribution < 1.29 is 8.78 Å². The Morgan fingerprint density at radius 1 is 0.500 bits per heavy atom. The molecule has 0 unspecified atom stereocenters. The van der Waals surface area contributed by atoms with Crippen LogP contribution in [0.4, 0.5) is 20.2 Å². The van der Waals surface area contributed by atoms with Crippen molar-refractivity contribution in [2.24, 2.45) is 0 Å². The summed E-state index contributed by atoms with van der Waals surface area (Å²) >= 11 is 0.